The molecule has 0 aliphatic rings. The first-order chi connectivity index (χ1) is 5.05. The molecule has 0 spiro atoms. The van der Waals surface area contributed by atoms with Crippen LogP contribution in [0.15, 0.2) is 18.3 Å². The maximum absolute atomic E-state index is 2.45. The average molecular weight is 258 g/mol. The Morgan fingerprint density at radius 2 is 2.00 bits per heavy atom. The molecule has 1 nitrogen and oxygen atoms in total. The Bertz CT molecular complexity index is 232. The van der Waals surface area contributed by atoms with Gasteiger partial charge in [0.2, 0.25) is 0 Å². The van der Waals surface area contributed by atoms with E-state index in [2.05, 4.69) is 44.6 Å². The summed E-state index contributed by atoms with van der Waals surface area (Å²) >= 11 is -1.78. The Labute approximate surface area is 73.3 Å². The monoisotopic (exact) mass is 259 g/mol. The SMILES string of the molecule is CCn1ccc[c]1[Sn]([CH3])([CH3])[CH3]. The Morgan fingerprint density at radius 1 is 1.36 bits per heavy atom. The van der Waals surface area contributed by atoms with Crippen LogP contribution in [0.2, 0.25) is 14.8 Å². The molecule has 11 heavy (non-hydrogen) atoms. The number of rotatable bonds is 2. The maximum atomic E-state index is 2.45. The zero-order valence-corrected chi connectivity index (χ0v) is 10.7. The quantitative estimate of drug-likeness (QED) is 0.715. The van der Waals surface area contributed by atoms with Crippen molar-refractivity contribution < 1.29 is 0 Å². The van der Waals surface area contributed by atoms with Crippen molar-refractivity contribution in [1.82, 2.24) is 4.57 Å². The molecular weight excluding hydrogens is 241 g/mol. The molecule has 1 heterocycles. The molecule has 0 amide bonds. The minimum atomic E-state index is -1.78. The van der Waals surface area contributed by atoms with Gasteiger partial charge in [-0.1, -0.05) is 0 Å². The number of aromatic nitrogens is 1. The van der Waals surface area contributed by atoms with Crippen LogP contribution in [0.5, 0.6) is 0 Å². The van der Waals surface area contributed by atoms with E-state index in [-0.39, 0.29) is 0 Å². The summed E-state index contributed by atoms with van der Waals surface area (Å²) < 4.78 is 4.01. The van der Waals surface area contributed by atoms with Gasteiger partial charge in [0.25, 0.3) is 0 Å². The van der Waals surface area contributed by atoms with Crippen molar-refractivity contribution >= 4 is 22.1 Å². The van der Waals surface area contributed by atoms with Gasteiger partial charge in [-0.3, -0.25) is 0 Å². The number of hydrogen-bond acceptors (Lipinski definition) is 0. The van der Waals surface area contributed by atoms with E-state index in [1.54, 1.807) is 3.71 Å². The Hall–Kier alpha value is 0.0787. The summed E-state index contributed by atoms with van der Waals surface area (Å²) in [6, 6.07) is 4.46. The standard InChI is InChI=1S/C6H8N.3CH3.Sn/c1-2-7-5-3-4-6-7;;;;/h3-5H,2H2,1H3;3*1H3;. The van der Waals surface area contributed by atoms with Crippen molar-refractivity contribution in [2.24, 2.45) is 0 Å². The summed E-state index contributed by atoms with van der Waals surface area (Å²) in [6.45, 7) is 3.33. The molecule has 2 heteroatoms. The van der Waals surface area contributed by atoms with Gasteiger partial charge in [-0.25, -0.2) is 0 Å². The number of hydrogen-bond donors (Lipinski definition) is 0. The fraction of sp³-hybridized carbons (Fsp3) is 0.556. The first-order valence-electron chi connectivity index (χ1n) is 4.21. The van der Waals surface area contributed by atoms with Crippen LogP contribution in [0.1, 0.15) is 6.92 Å². The van der Waals surface area contributed by atoms with Gasteiger partial charge in [-0.2, -0.15) is 0 Å². The fourth-order valence-corrected chi connectivity index (χ4v) is 6.20. The van der Waals surface area contributed by atoms with Gasteiger partial charge >= 0.3 is 73.3 Å². The topological polar surface area (TPSA) is 4.93 Å². The molecule has 0 aliphatic carbocycles. The van der Waals surface area contributed by atoms with Crippen molar-refractivity contribution in [3.05, 3.63) is 18.3 Å². The zero-order valence-electron chi connectivity index (χ0n) is 7.89. The zero-order chi connectivity index (χ0) is 8.48. The second-order valence-electron chi connectivity index (χ2n) is 3.93. The summed E-state index contributed by atoms with van der Waals surface area (Å²) in [5.74, 6) is 0. The van der Waals surface area contributed by atoms with Gasteiger partial charge in [-0.05, 0) is 0 Å². The molecule has 0 saturated carbocycles. The molecule has 0 unspecified atom stereocenters. The molecule has 0 fully saturated rings. The molecule has 0 bridgehead atoms. The summed E-state index contributed by atoms with van der Waals surface area (Å²) in [5, 5.41) is 0. The molecule has 1 aromatic rings. The summed E-state index contributed by atoms with van der Waals surface area (Å²) in [4.78, 5) is 7.36. The van der Waals surface area contributed by atoms with E-state index in [1.807, 2.05) is 0 Å². The molecule has 0 radical (unpaired) electrons. The minimum absolute atomic E-state index is 1.12. The molecule has 0 aliphatic heterocycles. The summed E-state index contributed by atoms with van der Waals surface area (Å²) in [6.07, 6.45) is 2.19. The van der Waals surface area contributed by atoms with E-state index in [4.69, 9.17) is 0 Å². The molecule has 0 saturated heterocycles. The van der Waals surface area contributed by atoms with Crippen LogP contribution in [-0.4, -0.2) is 22.9 Å². The van der Waals surface area contributed by atoms with E-state index >= 15 is 0 Å². The molecular formula is C9H17NSn. The number of nitrogens with zero attached hydrogens (tertiary/aromatic N) is 1. The predicted octanol–water partition coefficient (Wildman–Crippen LogP) is 2.05. The van der Waals surface area contributed by atoms with E-state index in [0.29, 0.717) is 0 Å². The first-order valence-corrected chi connectivity index (χ1v) is 14.2. The third-order valence-electron chi connectivity index (χ3n) is 1.94. The number of aryl methyl sites for hydroxylation is 1. The Kier molecular flexibility index (Phi) is 2.68. The van der Waals surface area contributed by atoms with Crippen LogP contribution in [0.25, 0.3) is 0 Å². The van der Waals surface area contributed by atoms with E-state index < -0.39 is 18.4 Å². The van der Waals surface area contributed by atoms with Gasteiger partial charge in [-0.15, -0.1) is 0 Å². The van der Waals surface area contributed by atoms with Gasteiger partial charge in [0.1, 0.15) is 0 Å². The molecule has 1 aromatic heterocycles. The van der Waals surface area contributed by atoms with Crippen LogP contribution < -0.4 is 3.71 Å². The van der Waals surface area contributed by atoms with Gasteiger partial charge < -0.3 is 0 Å². The molecule has 1 rings (SSSR count). The Morgan fingerprint density at radius 3 is 2.36 bits per heavy atom. The molecule has 0 aromatic carbocycles. The predicted molar refractivity (Wildman–Crippen MR) is 53.1 cm³/mol. The van der Waals surface area contributed by atoms with Crippen LogP contribution in [-0.2, 0) is 6.54 Å². The van der Waals surface area contributed by atoms with Crippen LogP contribution in [0, 0.1) is 0 Å². The fourth-order valence-electron chi connectivity index (χ4n) is 1.37. The van der Waals surface area contributed by atoms with E-state index in [0.717, 1.165) is 6.54 Å². The van der Waals surface area contributed by atoms with Gasteiger partial charge in [0, 0.05) is 0 Å². The van der Waals surface area contributed by atoms with Gasteiger partial charge in [0.15, 0.2) is 0 Å². The van der Waals surface area contributed by atoms with Crippen LogP contribution >= 0.6 is 0 Å². The van der Waals surface area contributed by atoms with Crippen LogP contribution in [0.3, 0.4) is 0 Å². The summed E-state index contributed by atoms with van der Waals surface area (Å²) in [7, 11) is 0. The third-order valence-corrected chi connectivity index (χ3v) is 7.62. The van der Waals surface area contributed by atoms with E-state index in [1.165, 1.54) is 0 Å². The average Bonchev–Trinajstić information content (AvgIpc) is 2.31. The normalized spacial score (nSPS) is 12.0. The molecule has 0 N–H and O–H groups in total. The molecule has 0 atom stereocenters. The molecule has 62 valence electrons. The van der Waals surface area contributed by atoms with Crippen molar-refractivity contribution in [2.75, 3.05) is 0 Å². The second-order valence-corrected chi connectivity index (χ2v) is 18.2. The first kappa shape index (κ1) is 9.17. The third kappa shape index (κ3) is 2.01. The van der Waals surface area contributed by atoms with E-state index in [9.17, 15) is 0 Å². The summed E-state index contributed by atoms with van der Waals surface area (Å²) in [5.41, 5.74) is 0. The van der Waals surface area contributed by atoms with Crippen molar-refractivity contribution in [1.29, 1.82) is 0 Å². The van der Waals surface area contributed by atoms with Crippen LogP contribution in [0.4, 0.5) is 0 Å². The second kappa shape index (κ2) is 3.21. The van der Waals surface area contributed by atoms with Crippen molar-refractivity contribution in [3.63, 3.8) is 0 Å². The van der Waals surface area contributed by atoms with Gasteiger partial charge in [0.05, 0.1) is 0 Å². The van der Waals surface area contributed by atoms with Crippen molar-refractivity contribution in [2.45, 2.75) is 28.3 Å². The van der Waals surface area contributed by atoms with Crippen molar-refractivity contribution in [3.8, 4) is 0 Å². The Balaban J connectivity index is 3.02.